The van der Waals surface area contributed by atoms with Crippen LogP contribution in [0.5, 0.6) is 0 Å². The van der Waals surface area contributed by atoms with Gasteiger partial charge < -0.3 is 5.32 Å². The van der Waals surface area contributed by atoms with Crippen LogP contribution in [0.3, 0.4) is 0 Å². The molecule has 1 N–H and O–H groups in total. The highest BCUT2D eigenvalue weighted by atomic mass is 19.1. The van der Waals surface area contributed by atoms with E-state index in [-0.39, 0.29) is 17.9 Å². The van der Waals surface area contributed by atoms with Crippen LogP contribution in [0.4, 0.5) is 8.78 Å². The molecule has 0 amide bonds. The summed E-state index contributed by atoms with van der Waals surface area (Å²) in [5.74, 6) is -0.797. The molecule has 4 heteroatoms. The Morgan fingerprint density at radius 1 is 1.05 bits per heavy atom. The summed E-state index contributed by atoms with van der Waals surface area (Å²) in [6.07, 6.45) is 0. The van der Waals surface area contributed by atoms with E-state index in [2.05, 4.69) is 5.32 Å². The van der Waals surface area contributed by atoms with E-state index in [0.29, 0.717) is 12.1 Å². The molecule has 19 heavy (non-hydrogen) atoms. The number of benzene rings is 2. The number of nitriles is 1. The molecule has 2 aromatic carbocycles. The molecular formula is C15H12F2N2. The fraction of sp³-hybridized carbons (Fsp3) is 0.133. The van der Waals surface area contributed by atoms with Crippen LogP contribution in [0.15, 0.2) is 42.5 Å². The van der Waals surface area contributed by atoms with Crippen LogP contribution < -0.4 is 5.32 Å². The highest BCUT2D eigenvalue weighted by Crippen LogP contribution is 2.12. The Labute approximate surface area is 110 Å². The molecule has 0 spiro atoms. The summed E-state index contributed by atoms with van der Waals surface area (Å²) in [6.45, 7) is 0.728. The molecule has 0 aliphatic rings. The molecule has 0 saturated carbocycles. The Morgan fingerprint density at radius 2 is 1.84 bits per heavy atom. The summed E-state index contributed by atoms with van der Waals surface area (Å²) in [5, 5.41) is 11.7. The third-order valence-corrected chi connectivity index (χ3v) is 2.73. The summed E-state index contributed by atoms with van der Waals surface area (Å²) >= 11 is 0. The number of nitrogens with one attached hydrogen (secondary N) is 1. The van der Waals surface area contributed by atoms with Crippen LogP contribution >= 0.6 is 0 Å². The van der Waals surface area contributed by atoms with Gasteiger partial charge in [-0.15, -0.1) is 0 Å². The topological polar surface area (TPSA) is 35.8 Å². The average Bonchev–Trinajstić information content (AvgIpc) is 2.41. The van der Waals surface area contributed by atoms with Crippen LogP contribution in [-0.4, -0.2) is 0 Å². The van der Waals surface area contributed by atoms with Crippen LogP contribution in [0.1, 0.15) is 16.7 Å². The normalized spacial score (nSPS) is 10.2. The van der Waals surface area contributed by atoms with Gasteiger partial charge in [0, 0.05) is 18.7 Å². The van der Waals surface area contributed by atoms with Crippen LogP contribution in [-0.2, 0) is 13.1 Å². The maximum Gasteiger partial charge on any atom is 0.145 e. The molecule has 0 aliphatic heterocycles. The molecular weight excluding hydrogens is 246 g/mol. The number of hydrogen-bond donors (Lipinski definition) is 1. The van der Waals surface area contributed by atoms with E-state index in [1.165, 1.54) is 18.2 Å². The van der Waals surface area contributed by atoms with Gasteiger partial charge in [0.15, 0.2) is 0 Å². The first-order valence-electron chi connectivity index (χ1n) is 5.83. The Bertz CT molecular complexity index is 618. The monoisotopic (exact) mass is 258 g/mol. The minimum atomic E-state index is -0.503. The first-order valence-corrected chi connectivity index (χ1v) is 5.83. The molecule has 0 aliphatic carbocycles. The van der Waals surface area contributed by atoms with Crippen LogP contribution in [0.2, 0.25) is 0 Å². The standard InChI is InChI=1S/C15H12F2N2/c16-14-6-1-3-11(7-14)9-19-10-13-5-2-4-12(8-18)15(13)17/h1-7,19H,9-10H2. The number of hydrogen-bond acceptors (Lipinski definition) is 2. The third kappa shape index (κ3) is 3.36. The van der Waals surface area contributed by atoms with Gasteiger partial charge in [-0.1, -0.05) is 24.3 Å². The van der Waals surface area contributed by atoms with Crippen molar-refractivity contribution in [3.8, 4) is 6.07 Å². The van der Waals surface area contributed by atoms with Crippen molar-refractivity contribution in [2.45, 2.75) is 13.1 Å². The van der Waals surface area contributed by atoms with E-state index < -0.39 is 5.82 Å². The lowest BCUT2D eigenvalue weighted by molar-refractivity contribution is 0.583. The summed E-state index contributed by atoms with van der Waals surface area (Å²) < 4.78 is 26.7. The van der Waals surface area contributed by atoms with Crippen molar-refractivity contribution in [3.05, 3.63) is 70.8 Å². The molecule has 0 atom stereocenters. The molecule has 2 nitrogen and oxygen atoms in total. The van der Waals surface area contributed by atoms with Gasteiger partial charge in [-0.2, -0.15) is 5.26 Å². The van der Waals surface area contributed by atoms with Gasteiger partial charge in [-0.05, 0) is 23.8 Å². The van der Waals surface area contributed by atoms with E-state index in [4.69, 9.17) is 5.26 Å². The minimum Gasteiger partial charge on any atom is -0.309 e. The second-order valence-corrected chi connectivity index (χ2v) is 4.12. The predicted octanol–water partition coefficient (Wildman–Crippen LogP) is 3.13. The Hall–Kier alpha value is -2.25. The summed E-state index contributed by atoms with van der Waals surface area (Å²) in [6, 6.07) is 12.7. The van der Waals surface area contributed by atoms with E-state index in [1.807, 2.05) is 0 Å². The zero-order chi connectivity index (χ0) is 13.7. The van der Waals surface area contributed by atoms with Crippen molar-refractivity contribution < 1.29 is 8.78 Å². The summed E-state index contributed by atoms with van der Waals surface area (Å²) in [5.41, 5.74) is 1.25. The predicted molar refractivity (Wildman–Crippen MR) is 68.1 cm³/mol. The second-order valence-electron chi connectivity index (χ2n) is 4.12. The molecule has 0 heterocycles. The van der Waals surface area contributed by atoms with E-state index in [1.54, 1.807) is 30.3 Å². The maximum atomic E-state index is 13.7. The zero-order valence-corrected chi connectivity index (χ0v) is 10.2. The Kier molecular flexibility index (Phi) is 4.22. The molecule has 96 valence electrons. The SMILES string of the molecule is N#Cc1cccc(CNCc2cccc(F)c2)c1F. The van der Waals surface area contributed by atoms with Gasteiger partial charge in [0.1, 0.15) is 17.7 Å². The van der Waals surface area contributed by atoms with Crippen LogP contribution in [0.25, 0.3) is 0 Å². The van der Waals surface area contributed by atoms with Crippen molar-refractivity contribution in [2.24, 2.45) is 0 Å². The van der Waals surface area contributed by atoms with Gasteiger partial charge in [0.25, 0.3) is 0 Å². The molecule has 0 radical (unpaired) electrons. The lowest BCUT2D eigenvalue weighted by Gasteiger charge is -2.07. The summed E-state index contributed by atoms with van der Waals surface area (Å²) in [7, 11) is 0. The van der Waals surface area contributed by atoms with Gasteiger partial charge in [0.05, 0.1) is 5.56 Å². The quantitative estimate of drug-likeness (QED) is 0.914. The van der Waals surface area contributed by atoms with Crippen molar-refractivity contribution >= 4 is 0 Å². The largest absolute Gasteiger partial charge is 0.309 e. The number of nitrogens with zero attached hydrogens (tertiary/aromatic N) is 1. The van der Waals surface area contributed by atoms with Crippen molar-refractivity contribution in [3.63, 3.8) is 0 Å². The fourth-order valence-corrected chi connectivity index (χ4v) is 1.79. The molecule has 2 rings (SSSR count). The molecule has 0 fully saturated rings. The second kappa shape index (κ2) is 6.07. The highest BCUT2D eigenvalue weighted by molar-refractivity contribution is 5.34. The molecule has 0 bridgehead atoms. The van der Waals surface area contributed by atoms with Crippen molar-refractivity contribution in [1.29, 1.82) is 5.26 Å². The molecule has 2 aromatic rings. The third-order valence-electron chi connectivity index (χ3n) is 2.73. The lowest BCUT2D eigenvalue weighted by Crippen LogP contribution is -2.14. The molecule has 0 unspecified atom stereocenters. The number of halogens is 2. The molecule has 0 saturated heterocycles. The van der Waals surface area contributed by atoms with Crippen molar-refractivity contribution in [2.75, 3.05) is 0 Å². The maximum absolute atomic E-state index is 13.7. The van der Waals surface area contributed by atoms with Gasteiger partial charge in [0.2, 0.25) is 0 Å². The summed E-state index contributed by atoms with van der Waals surface area (Å²) in [4.78, 5) is 0. The first kappa shape index (κ1) is 13.2. The Morgan fingerprint density at radius 3 is 2.58 bits per heavy atom. The van der Waals surface area contributed by atoms with Gasteiger partial charge in [-0.3, -0.25) is 0 Å². The van der Waals surface area contributed by atoms with E-state index in [9.17, 15) is 8.78 Å². The highest BCUT2D eigenvalue weighted by Gasteiger charge is 2.06. The smallest absolute Gasteiger partial charge is 0.145 e. The lowest BCUT2D eigenvalue weighted by atomic mass is 10.1. The van der Waals surface area contributed by atoms with E-state index in [0.717, 1.165) is 5.56 Å². The first-order chi connectivity index (χ1) is 9.20. The number of rotatable bonds is 4. The van der Waals surface area contributed by atoms with Crippen LogP contribution in [0, 0.1) is 23.0 Å². The fourth-order valence-electron chi connectivity index (χ4n) is 1.79. The zero-order valence-electron chi connectivity index (χ0n) is 10.2. The van der Waals surface area contributed by atoms with Gasteiger partial charge >= 0.3 is 0 Å². The molecule has 0 aromatic heterocycles. The van der Waals surface area contributed by atoms with Gasteiger partial charge in [-0.25, -0.2) is 8.78 Å². The Balaban J connectivity index is 1.98. The average molecular weight is 258 g/mol. The minimum absolute atomic E-state index is 0.0325. The van der Waals surface area contributed by atoms with Crippen molar-refractivity contribution in [1.82, 2.24) is 5.32 Å². The van der Waals surface area contributed by atoms with E-state index >= 15 is 0 Å².